The molecule has 0 spiro atoms. The lowest BCUT2D eigenvalue weighted by molar-refractivity contribution is -0.137. The molecule has 1 atom stereocenters. The molecule has 0 aliphatic rings. The molecule has 1 aromatic carbocycles. The zero-order valence-corrected chi connectivity index (χ0v) is 6.88. The van der Waals surface area contributed by atoms with Crippen LogP contribution in [0.1, 0.15) is 17.2 Å². The lowest BCUT2D eigenvalue weighted by atomic mass is 10.1. The number of hydrogen-bond donors (Lipinski definition) is 1. The summed E-state index contributed by atoms with van der Waals surface area (Å²) in [6, 6.07) is 3.93. The monoisotopic (exact) mass is 203 g/mol. The molecular weight excluding hydrogens is 197 g/mol. The molecule has 1 aromatic rings. The Labute approximate surface area is 78.0 Å². The van der Waals surface area contributed by atoms with Crippen molar-refractivity contribution in [3.63, 3.8) is 0 Å². The van der Waals surface area contributed by atoms with E-state index in [-0.39, 0.29) is 5.56 Å². The molecule has 0 aromatic heterocycles. The summed E-state index contributed by atoms with van der Waals surface area (Å²) < 4.78 is 36.5. The maximum Gasteiger partial charge on any atom is 0.416 e. The predicted molar refractivity (Wildman–Crippen MR) is 42.1 cm³/mol. The van der Waals surface area contributed by atoms with Crippen molar-refractivity contribution < 1.29 is 23.1 Å². The van der Waals surface area contributed by atoms with Crippen molar-refractivity contribution >= 4 is 6.29 Å². The molecule has 0 aliphatic heterocycles. The normalized spacial score (nSPS) is 13.7. The van der Waals surface area contributed by atoms with E-state index in [0.29, 0.717) is 0 Å². The topological polar surface area (TPSA) is 37.3 Å². The van der Waals surface area contributed by atoms with Gasteiger partial charge in [-0.05, 0) is 17.7 Å². The minimum Gasteiger partial charge on any atom is -0.380 e. The van der Waals surface area contributed by atoms with Gasteiger partial charge in [0.05, 0.1) is 5.56 Å². The Bertz CT molecular complexity index is 333. The summed E-state index contributed by atoms with van der Waals surface area (Å²) >= 11 is 0. The Morgan fingerprint density at radius 3 is 2.50 bits per heavy atom. The van der Waals surface area contributed by atoms with Gasteiger partial charge in [-0.1, -0.05) is 12.1 Å². The van der Waals surface area contributed by atoms with E-state index in [4.69, 9.17) is 5.11 Å². The zero-order chi connectivity index (χ0) is 10.8. The minimum atomic E-state index is -4.47. The van der Waals surface area contributed by atoms with Gasteiger partial charge in [-0.15, -0.1) is 0 Å². The molecule has 0 saturated heterocycles. The zero-order valence-electron chi connectivity index (χ0n) is 6.88. The van der Waals surface area contributed by atoms with Gasteiger partial charge in [0.2, 0.25) is 6.29 Å². The molecule has 5 heteroatoms. The van der Waals surface area contributed by atoms with E-state index in [2.05, 4.69) is 0 Å². The second kappa shape index (κ2) is 3.79. The first-order valence-electron chi connectivity index (χ1n) is 3.68. The maximum absolute atomic E-state index is 12.2. The lowest BCUT2D eigenvalue weighted by Crippen LogP contribution is -2.07. The number of alkyl halides is 3. The standard InChI is InChI=1S/C9H6F3O2/c10-9(11,12)7-3-1-2-6(4-7)8(14)5-13/h1-4,8,14H. The summed E-state index contributed by atoms with van der Waals surface area (Å²) in [4.78, 5) is 10.0. The minimum absolute atomic E-state index is 0.116. The van der Waals surface area contributed by atoms with Crippen LogP contribution >= 0.6 is 0 Å². The number of benzene rings is 1. The molecule has 0 amide bonds. The van der Waals surface area contributed by atoms with Gasteiger partial charge < -0.3 is 5.11 Å². The fourth-order valence-corrected chi connectivity index (χ4v) is 0.953. The van der Waals surface area contributed by atoms with Crippen molar-refractivity contribution in [2.24, 2.45) is 0 Å². The van der Waals surface area contributed by atoms with Crippen LogP contribution in [0, 0.1) is 0 Å². The highest BCUT2D eigenvalue weighted by Gasteiger charge is 2.30. The van der Waals surface area contributed by atoms with Gasteiger partial charge in [0, 0.05) is 0 Å². The van der Waals surface area contributed by atoms with E-state index in [9.17, 15) is 18.0 Å². The number of hydrogen-bond acceptors (Lipinski definition) is 2. The lowest BCUT2D eigenvalue weighted by Gasteiger charge is -2.08. The fourth-order valence-electron chi connectivity index (χ4n) is 0.953. The van der Waals surface area contributed by atoms with Crippen LogP contribution in [0.3, 0.4) is 0 Å². The summed E-state index contributed by atoms with van der Waals surface area (Å²) in [6.45, 7) is 0. The first-order chi connectivity index (χ1) is 6.45. The van der Waals surface area contributed by atoms with Gasteiger partial charge in [-0.3, -0.25) is 4.79 Å². The molecule has 14 heavy (non-hydrogen) atoms. The third-order valence-corrected chi connectivity index (χ3v) is 1.64. The van der Waals surface area contributed by atoms with Gasteiger partial charge in [0.1, 0.15) is 6.10 Å². The van der Waals surface area contributed by atoms with Crippen LogP contribution in [-0.2, 0) is 11.0 Å². The van der Waals surface area contributed by atoms with Gasteiger partial charge >= 0.3 is 6.18 Å². The molecule has 1 rings (SSSR count). The largest absolute Gasteiger partial charge is 0.416 e. The second-order valence-electron chi connectivity index (χ2n) is 2.64. The molecule has 0 heterocycles. The van der Waals surface area contributed by atoms with Crippen molar-refractivity contribution in [2.45, 2.75) is 12.3 Å². The molecule has 1 N–H and O–H groups in total. The molecule has 2 nitrogen and oxygen atoms in total. The van der Waals surface area contributed by atoms with E-state index < -0.39 is 17.8 Å². The van der Waals surface area contributed by atoms with Gasteiger partial charge in [0.15, 0.2) is 0 Å². The molecule has 0 bridgehead atoms. The Morgan fingerprint density at radius 1 is 1.36 bits per heavy atom. The first kappa shape index (κ1) is 10.7. The van der Waals surface area contributed by atoms with E-state index in [0.717, 1.165) is 18.2 Å². The van der Waals surface area contributed by atoms with Crippen molar-refractivity contribution in [3.8, 4) is 0 Å². The summed E-state index contributed by atoms with van der Waals surface area (Å²) in [7, 11) is 0. The average Bonchev–Trinajstić information content (AvgIpc) is 2.15. The van der Waals surface area contributed by atoms with Crippen LogP contribution in [0.4, 0.5) is 13.2 Å². The first-order valence-corrected chi connectivity index (χ1v) is 3.68. The van der Waals surface area contributed by atoms with Crippen LogP contribution in [0.15, 0.2) is 24.3 Å². The molecule has 0 fully saturated rings. The molecule has 0 aliphatic carbocycles. The summed E-state index contributed by atoms with van der Waals surface area (Å²) in [6.07, 6.45) is -4.90. The highest BCUT2D eigenvalue weighted by Crippen LogP contribution is 2.30. The third-order valence-electron chi connectivity index (χ3n) is 1.64. The van der Waals surface area contributed by atoms with Crippen molar-refractivity contribution in [3.05, 3.63) is 35.4 Å². The SMILES string of the molecule is O=[C]C(O)c1cccc(C(F)(F)F)c1. The maximum atomic E-state index is 12.2. The van der Waals surface area contributed by atoms with Crippen molar-refractivity contribution in [1.29, 1.82) is 0 Å². The number of aliphatic hydroxyl groups is 1. The van der Waals surface area contributed by atoms with Crippen LogP contribution in [0.2, 0.25) is 0 Å². The highest BCUT2D eigenvalue weighted by atomic mass is 19.4. The van der Waals surface area contributed by atoms with Crippen LogP contribution in [0.5, 0.6) is 0 Å². The Morgan fingerprint density at radius 2 is 2.00 bits per heavy atom. The molecule has 1 radical (unpaired) electrons. The Balaban J connectivity index is 3.07. The van der Waals surface area contributed by atoms with Crippen molar-refractivity contribution in [1.82, 2.24) is 0 Å². The predicted octanol–water partition coefficient (Wildman–Crippen LogP) is 1.85. The third kappa shape index (κ3) is 2.32. The second-order valence-corrected chi connectivity index (χ2v) is 2.64. The smallest absolute Gasteiger partial charge is 0.380 e. The van der Waals surface area contributed by atoms with E-state index in [1.165, 1.54) is 12.4 Å². The van der Waals surface area contributed by atoms with Crippen molar-refractivity contribution in [2.75, 3.05) is 0 Å². The van der Waals surface area contributed by atoms with E-state index in [1.807, 2.05) is 0 Å². The summed E-state index contributed by atoms with van der Waals surface area (Å²) in [5.41, 5.74) is -1.01. The molecule has 75 valence electrons. The molecule has 0 saturated carbocycles. The highest BCUT2D eigenvalue weighted by molar-refractivity contribution is 5.60. The van der Waals surface area contributed by atoms with Crippen LogP contribution in [0.25, 0.3) is 0 Å². The van der Waals surface area contributed by atoms with Gasteiger partial charge in [-0.25, -0.2) is 0 Å². The Hall–Kier alpha value is -1.36. The van der Waals surface area contributed by atoms with E-state index >= 15 is 0 Å². The Kier molecular flexibility index (Phi) is 2.90. The fraction of sp³-hybridized carbons (Fsp3) is 0.222. The van der Waals surface area contributed by atoms with Crippen LogP contribution < -0.4 is 0 Å². The average molecular weight is 203 g/mol. The van der Waals surface area contributed by atoms with E-state index in [1.54, 1.807) is 0 Å². The number of aliphatic hydroxyl groups excluding tert-OH is 1. The quantitative estimate of drug-likeness (QED) is 0.796. The van der Waals surface area contributed by atoms with Crippen LogP contribution in [-0.4, -0.2) is 11.4 Å². The summed E-state index contributed by atoms with van der Waals surface area (Å²) in [5.74, 6) is 0. The molecular formula is C9H6F3O2. The number of rotatable bonds is 2. The summed E-state index contributed by atoms with van der Waals surface area (Å²) in [5, 5.41) is 8.93. The number of carbonyl (C=O) groups excluding carboxylic acids is 1. The van der Waals surface area contributed by atoms with Gasteiger partial charge in [-0.2, -0.15) is 13.2 Å². The number of halogens is 3. The molecule has 1 unspecified atom stereocenters. The van der Waals surface area contributed by atoms with Gasteiger partial charge in [0.25, 0.3) is 0 Å².